The molecule has 0 aromatic heterocycles. The van der Waals surface area contributed by atoms with E-state index in [-0.39, 0.29) is 5.91 Å². The Hall–Kier alpha value is -2.04. The molecule has 0 saturated carbocycles. The summed E-state index contributed by atoms with van der Waals surface area (Å²) in [5.74, 6) is 1.62. The van der Waals surface area contributed by atoms with Crippen molar-refractivity contribution in [3.05, 3.63) is 23.8 Å². The van der Waals surface area contributed by atoms with Gasteiger partial charge in [0.2, 0.25) is 0 Å². The molecule has 5 heteroatoms. The molecule has 1 heterocycles. The minimum atomic E-state index is -0.136. The van der Waals surface area contributed by atoms with Crippen LogP contribution in [0.1, 0.15) is 17.3 Å². The number of nitrogens with zero attached hydrogens (tertiary/aromatic N) is 2. The second kappa shape index (κ2) is 5.08. The van der Waals surface area contributed by atoms with Gasteiger partial charge in [0.15, 0.2) is 0 Å². The number of hydrogen-bond acceptors (Lipinski definition) is 4. The monoisotopic (exact) mass is 248 g/mol. The summed E-state index contributed by atoms with van der Waals surface area (Å²) < 4.78 is 10.5. The molecular weight excluding hydrogens is 232 g/mol. The second-order valence-corrected chi connectivity index (χ2v) is 3.92. The van der Waals surface area contributed by atoms with E-state index < -0.39 is 0 Å². The number of benzene rings is 1. The zero-order valence-corrected chi connectivity index (χ0v) is 10.8. The maximum atomic E-state index is 12.5. The number of rotatable bonds is 3. The summed E-state index contributed by atoms with van der Waals surface area (Å²) in [6, 6.07) is 5.29. The highest BCUT2D eigenvalue weighted by Crippen LogP contribution is 2.30. The molecule has 96 valence electrons. The van der Waals surface area contributed by atoms with Gasteiger partial charge in [0, 0.05) is 6.54 Å². The van der Waals surface area contributed by atoms with Gasteiger partial charge in [-0.05, 0) is 19.1 Å². The standard InChI is InChI=1S/C13H16N2O3/c1-9-14-7-8-15(9)13(16)12-10(17-2)5-4-6-11(12)18-3/h4-6H,7-8H2,1-3H3. The Labute approximate surface area is 106 Å². The molecule has 0 aliphatic carbocycles. The third kappa shape index (κ3) is 2.03. The normalized spacial score (nSPS) is 14.4. The van der Waals surface area contributed by atoms with Gasteiger partial charge in [-0.15, -0.1) is 0 Å². The first-order valence-electron chi connectivity index (χ1n) is 5.73. The van der Waals surface area contributed by atoms with Gasteiger partial charge in [-0.25, -0.2) is 0 Å². The summed E-state index contributed by atoms with van der Waals surface area (Å²) in [6.07, 6.45) is 0. The Bertz CT molecular complexity index is 475. The van der Waals surface area contributed by atoms with Gasteiger partial charge >= 0.3 is 0 Å². The maximum Gasteiger partial charge on any atom is 0.266 e. The average Bonchev–Trinajstić information content (AvgIpc) is 2.83. The summed E-state index contributed by atoms with van der Waals surface area (Å²) in [5, 5.41) is 0. The molecule has 0 spiro atoms. The fourth-order valence-corrected chi connectivity index (χ4v) is 2.00. The molecule has 0 fully saturated rings. The Morgan fingerprint density at radius 2 is 1.89 bits per heavy atom. The lowest BCUT2D eigenvalue weighted by Gasteiger charge is -2.19. The number of carbonyl (C=O) groups is 1. The van der Waals surface area contributed by atoms with Crippen molar-refractivity contribution in [3.8, 4) is 11.5 Å². The molecule has 2 rings (SSSR count). The largest absolute Gasteiger partial charge is 0.496 e. The van der Waals surface area contributed by atoms with Crippen LogP contribution in [0, 0.1) is 0 Å². The molecule has 18 heavy (non-hydrogen) atoms. The van der Waals surface area contributed by atoms with Crippen molar-refractivity contribution >= 4 is 11.7 Å². The lowest BCUT2D eigenvalue weighted by molar-refractivity contribution is 0.0850. The highest BCUT2D eigenvalue weighted by atomic mass is 16.5. The first-order chi connectivity index (χ1) is 8.69. The van der Waals surface area contributed by atoms with E-state index in [0.29, 0.717) is 30.2 Å². The molecule has 1 aliphatic heterocycles. The van der Waals surface area contributed by atoms with Crippen molar-refractivity contribution in [2.75, 3.05) is 27.3 Å². The second-order valence-electron chi connectivity index (χ2n) is 3.92. The van der Waals surface area contributed by atoms with E-state index >= 15 is 0 Å². The molecule has 1 aliphatic rings. The van der Waals surface area contributed by atoms with Crippen LogP contribution in [0.3, 0.4) is 0 Å². The molecule has 0 unspecified atom stereocenters. The highest BCUT2D eigenvalue weighted by Gasteiger charge is 2.27. The predicted octanol–water partition coefficient (Wildman–Crippen LogP) is 1.58. The summed E-state index contributed by atoms with van der Waals surface area (Å²) in [7, 11) is 3.08. The van der Waals surface area contributed by atoms with Crippen LogP contribution in [-0.2, 0) is 0 Å². The Morgan fingerprint density at radius 1 is 1.28 bits per heavy atom. The molecule has 0 saturated heterocycles. The predicted molar refractivity (Wildman–Crippen MR) is 68.6 cm³/mol. The fraction of sp³-hybridized carbons (Fsp3) is 0.385. The van der Waals surface area contributed by atoms with E-state index in [9.17, 15) is 4.79 Å². The molecule has 1 aromatic carbocycles. The zero-order valence-electron chi connectivity index (χ0n) is 10.8. The fourth-order valence-electron chi connectivity index (χ4n) is 2.00. The van der Waals surface area contributed by atoms with Crippen molar-refractivity contribution in [1.29, 1.82) is 0 Å². The van der Waals surface area contributed by atoms with E-state index in [0.717, 1.165) is 5.84 Å². The highest BCUT2D eigenvalue weighted by molar-refractivity contribution is 6.09. The van der Waals surface area contributed by atoms with Gasteiger partial charge in [0.25, 0.3) is 5.91 Å². The molecular formula is C13H16N2O3. The number of amides is 1. The van der Waals surface area contributed by atoms with Gasteiger partial charge in [0.05, 0.1) is 20.8 Å². The Balaban J connectivity index is 2.43. The number of methoxy groups -OCH3 is 2. The van der Waals surface area contributed by atoms with E-state index in [4.69, 9.17) is 9.47 Å². The number of ether oxygens (including phenoxy) is 2. The van der Waals surface area contributed by atoms with E-state index in [1.54, 1.807) is 23.1 Å². The van der Waals surface area contributed by atoms with Crippen LogP contribution >= 0.6 is 0 Å². The molecule has 0 N–H and O–H groups in total. The summed E-state index contributed by atoms with van der Waals surface area (Å²) in [4.78, 5) is 18.4. The third-order valence-corrected chi connectivity index (χ3v) is 2.94. The average molecular weight is 248 g/mol. The third-order valence-electron chi connectivity index (χ3n) is 2.94. The minimum Gasteiger partial charge on any atom is -0.496 e. The molecule has 0 radical (unpaired) electrons. The van der Waals surface area contributed by atoms with Crippen LogP contribution in [0.5, 0.6) is 11.5 Å². The van der Waals surface area contributed by atoms with Crippen molar-refractivity contribution in [2.45, 2.75) is 6.92 Å². The lowest BCUT2D eigenvalue weighted by Crippen LogP contribution is -2.33. The summed E-state index contributed by atoms with van der Waals surface area (Å²) in [5.41, 5.74) is 0.443. The van der Waals surface area contributed by atoms with Crippen LogP contribution < -0.4 is 9.47 Å². The van der Waals surface area contributed by atoms with Crippen LogP contribution in [0.4, 0.5) is 0 Å². The molecule has 1 amide bonds. The molecule has 1 aromatic rings. The number of aliphatic imine (C=N–C) groups is 1. The lowest BCUT2D eigenvalue weighted by atomic mass is 10.1. The zero-order chi connectivity index (χ0) is 13.1. The van der Waals surface area contributed by atoms with Gasteiger partial charge < -0.3 is 9.47 Å². The smallest absolute Gasteiger partial charge is 0.266 e. The minimum absolute atomic E-state index is 0.136. The van der Waals surface area contributed by atoms with Gasteiger partial charge in [0.1, 0.15) is 22.9 Å². The number of hydrogen-bond donors (Lipinski definition) is 0. The first-order valence-corrected chi connectivity index (χ1v) is 5.73. The summed E-state index contributed by atoms with van der Waals surface area (Å²) in [6.45, 7) is 3.08. The topological polar surface area (TPSA) is 51.1 Å². The molecule has 0 atom stereocenters. The number of amidine groups is 1. The van der Waals surface area contributed by atoms with Gasteiger partial charge in [-0.1, -0.05) is 6.07 Å². The van der Waals surface area contributed by atoms with E-state index in [1.807, 2.05) is 6.92 Å². The molecule has 0 bridgehead atoms. The van der Waals surface area contributed by atoms with Crippen molar-refractivity contribution in [1.82, 2.24) is 4.90 Å². The SMILES string of the molecule is COc1cccc(OC)c1C(=O)N1CCN=C1C. The van der Waals surface area contributed by atoms with Crippen molar-refractivity contribution in [3.63, 3.8) is 0 Å². The Kier molecular flexibility index (Phi) is 3.50. The van der Waals surface area contributed by atoms with Gasteiger partial charge in [-0.3, -0.25) is 14.7 Å². The van der Waals surface area contributed by atoms with Crippen LogP contribution in [0.25, 0.3) is 0 Å². The quantitative estimate of drug-likeness (QED) is 0.816. The summed E-state index contributed by atoms with van der Waals surface area (Å²) >= 11 is 0. The number of carbonyl (C=O) groups excluding carboxylic acids is 1. The van der Waals surface area contributed by atoms with E-state index in [1.165, 1.54) is 14.2 Å². The van der Waals surface area contributed by atoms with Crippen LogP contribution in [0.2, 0.25) is 0 Å². The van der Waals surface area contributed by atoms with Crippen molar-refractivity contribution in [2.24, 2.45) is 4.99 Å². The van der Waals surface area contributed by atoms with Crippen molar-refractivity contribution < 1.29 is 14.3 Å². The van der Waals surface area contributed by atoms with Crippen LogP contribution in [0.15, 0.2) is 23.2 Å². The van der Waals surface area contributed by atoms with E-state index in [2.05, 4.69) is 4.99 Å². The first kappa shape index (κ1) is 12.4. The maximum absolute atomic E-state index is 12.5. The van der Waals surface area contributed by atoms with Gasteiger partial charge in [-0.2, -0.15) is 0 Å². The Morgan fingerprint density at radius 3 is 2.33 bits per heavy atom. The molecule has 5 nitrogen and oxygen atoms in total. The van der Waals surface area contributed by atoms with Crippen LogP contribution in [-0.4, -0.2) is 44.0 Å².